The van der Waals surface area contributed by atoms with E-state index in [4.69, 9.17) is 4.42 Å². The maximum absolute atomic E-state index is 12.5. The third kappa shape index (κ3) is 1.98. The molecule has 6 nitrogen and oxygen atoms in total. The second-order valence-electron chi connectivity index (χ2n) is 4.68. The van der Waals surface area contributed by atoms with Crippen molar-refractivity contribution in [1.29, 1.82) is 0 Å². The van der Waals surface area contributed by atoms with Crippen LogP contribution in [0.25, 0.3) is 28.6 Å². The van der Waals surface area contributed by atoms with Crippen LogP contribution in [0.5, 0.6) is 0 Å². The molecule has 0 aliphatic carbocycles. The van der Waals surface area contributed by atoms with Crippen molar-refractivity contribution in [2.45, 2.75) is 0 Å². The summed E-state index contributed by atoms with van der Waals surface area (Å²) in [4.78, 5) is 16.7. The van der Waals surface area contributed by atoms with Crippen LogP contribution in [0.1, 0.15) is 0 Å². The minimum atomic E-state index is -0.242. The van der Waals surface area contributed by atoms with Gasteiger partial charge >= 0.3 is 0 Å². The lowest BCUT2D eigenvalue weighted by Gasteiger charge is -2.00. The van der Waals surface area contributed by atoms with Crippen molar-refractivity contribution in [2.75, 3.05) is 0 Å². The normalized spacial score (nSPS) is 10.9. The van der Waals surface area contributed by atoms with Gasteiger partial charge in [0.2, 0.25) is 5.89 Å². The smallest absolute Gasteiger partial charge is 0.270 e. The Balaban J connectivity index is 1.85. The number of fused-ring (bicyclic) bond motifs is 1. The SMILES string of the molecule is O=c1c(-c2nnc(-c3ccccc3)o2)cnc2ccccn12. The van der Waals surface area contributed by atoms with Crippen LogP contribution in [-0.2, 0) is 0 Å². The van der Waals surface area contributed by atoms with E-state index in [0.29, 0.717) is 11.5 Å². The molecular weight excluding hydrogens is 280 g/mol. The largest absolute Gasteiger partial charge is 0.416 e. The zero-order valence-corrected chi connectivity index (χ0v) is 11.4. The van der Waals surface area contributed by atoms with E-state index in [2.05, 4.69) is 15.2 Å². The van der Waals surface area contributed by atoms with Crippen LogP contribution in [0.15, 0.2) is 70.1 Å². The average Bonchev–Trinajstić information content (AvgIpc) is 3.06. The molecule has 0 aliphatic heterocycles. The van der Waals surface area contributed by atoms with Gasteiger partial charge in [-0.1, -0.05) is 24.3 Å². The van der Waals surface area contributed by atoms with Gasteiger partial charge in [0.25, 0.3) is 11.4 Å². The number of pyridine rings is 1. The third-order valence-corrected chi connectivity index (χ3v) is 3.29. The van der Waals surface area contributed by atoms with Gasteiger partial charge in [0, 0.05) is 18.0 Å². The average molecular weight is 290 g/mol. The summed E-state index contributed by atoms with van der Waals surface area (Å²) < 4.78 is 7.06. The van der Waals surface area contributed by atoms with Crippen molar-refractivity contribution in [1.82, 2.24) is 19.6 Å². The molecule has 0 amide bonds. The summed E-state index contributed by atoms with van der Waals surface area (Å²) in [6.07, 6.45) is 3.11. The Hall–Kier alpha value is -3.28. The Morgan fingerprint density at radius 3 is 2.55 bits per heavy atom. The first kappa shape index (κ1) is 12.5. The summed E-state index contributed by atoms with van der Waals surface area (Å²) in [5.74, 6) is 0.530. The summed E-state index contributed by atoms with van der Waals surface area (Å²) in [5.41, 5.74) is 1.40. The van der Waals surface area contributed by atoms with Crippen molar-refractivity contribution in [2.24, 2.45) is 0 Å². The monoisotopic (exact) mass is 290 g/mol. The van der Waals surface area contributed by atoms with E-state index in [1.807, 2.05) is 36.4 Å². The van der Waals surface area contributed by atoms with Crippen LogP contribution in [0.2, 0.25) is 0 Å². The van der Waals surface area contributed by atoms with Gasteiger partial charge in [-0.15, -0.1) is 10.2 Å². The molecule has 0 aliphatic rings. The Morgan fingerprint density at radius 2 is 1.68 bits per heavy atom. The minimum Gasteiger partial charge on any atom is -0.416 e. The molecule has 0 spiro atoms. The molecule has 1 aromatic carbocycles. The predicted molar refractivity (Wildman–Crippen MR) is 80.2 cm³/mol. The number of hydrogen-bond donors (Lipinski definition) is 0. The lowest BCUT2D eigenvalue weighted by atomic mass is 10.2. The molecule has 0 saturated carbocycles. The van der Waals surface area contributed by atoms with Gasteiger partial charge in [0.15, 0.2) is 0 Å². The first-order valence-electron chi connectivity index (χ1n) is 6.68. The molecule has 4 rings (SSSR count). The number of nitrogens with zero attached hydrogens (tertiary/aromatic N) is 4. The van der Waals surface area contributed by atoms with Crippen LogP contribution < -0.4 is 5.56 Å². The highest BCUT2D eigenvalue weighted by Crippen LogP contribution is 2.21. The van der Waals surface area contributed by atoms with Gasteiger partial charge in [0.05, 0.1) is 0 Å². The van der Waals surface area contributed by atoms with Crippen molar-refractivity contribution < 1.29 is 4.42 Å². The fourth-order valence-electron chi connectivity index (χ4n) is 2.20. The van der Waals surface area contributed by atoms with Crippen LogP contribution >= 0.6 is 0 Å². The maximum Gasteiger partial charge on any atom is 0.270 e. The van der Waals surface area contributed by atoms with E-state index in [1.165, 1.54) is 10.6 Å². The van der Waals surface area contributed by atoms with Crippen LogP contribution in [-0.4, -0.2) is 19.6 Å². The number of aromatic nitrogens is 4. The zero-order valence-electron chi connectivity index (χ0n) is 11.4. The van der Waals surface area contributed by atoms with Crippen LogP contribution in [0.3, 0.4) is 0 Å². The Labute approximate surface area is 124 Å². The highest BCUT2D eigenvalue weighted by atomic mass is 16.4. The lowest BCUT2D eigenvalue weighted by molar-refractivity contribution is 0.583. The van der Waals surface area contributed by atoms with E-state index in [-0.39, 0.29) is 17.0 Å². The molecule has 6 heteroatoms. The topological polar surface area (TPSA) is 73.3 Å². The molecule has 0 radical (unpaired) electrons. The minimum absolute atomic E-state index is 0.162. The molecule has 0 saturated heterocycles. The molecule has 3 heterocycles. The number of rotatable bonds is 2. The molecule has 22 heavy (non-hydrogen) atoms. The number of hydrogen-bond acceptors (Lipinski definition) is 5. The Kier molecular flexibility index (Phi) is 2.79. The molecule has 3 aromatic heterocycles. The summed E-state index contributed by atoms with van der Waals surface area (Å²) in [5, 5.41) is 7.95. The van der Waals surface area contributed by atoms with Crippen LogP contribution in [0, 0.1) is 0 Å². The van der Waals surface area contributed by atoms with E-state index >= 15 is 0 Å². The second kappa shape index (κ2) is 4.92. The third-order valence-electron chi connectivity index (χ3n) is 3.29. The molecule has 4 aromatic rings. The van der Waals surface area contributed by atoms with Crippen molar-refractivity contribution in [3.63, 3.8) is 0 Å². The molecule has 106 valence electrons. The van der Waals surface area contributed by atoms with Crippen LogP contribution in [0.4, 0.5) is 0 Å². The van der Waals surface area contributed by atoms with Crippen molar-refractivity contribution >= 4 is 5.65 Å². The van der Waals surface area contributed by atoms with Gasteiger partial charge in [0.1, 0.15) is 11.2 Å². The van der Waals surface area contributed by atoms with Gasteiger partial charge in [-0.2, -0.15) is 0 Å². The molecule has 0 bridgehead atoms. The van der Waals surface area contributed by atoms with Crippen molar-refractivity contribution in [3.8, 4) is 22.9 Å². The van der Waals surface area contributed by atoms with Gasteiger partial charge < -0.3 is 4.42 Å². The Morgan fingerprint density at radius 1 is 0.909 bits per heavy atom. The Bertz CT molecular complexity index is 1010. The van der Waals surface area contributed by atoms with E-state index in [0.717, 1.165) is 5.56 Å². The lowest BCUT2D eigenvalue weighted by Crippen LogP contribution is -2.16. The maximum atomic E-state index is 12.5. The standard InChI is InChI=1S/C16H10N4O2/c21-16-12(10-17-13-8-4-5-9-20(13)16)15-19-18-14(22-15)11-6-2-1-3-7-11/h1-10H. The summed E-state index contributed by atoms with van der Waals surface area (Å²) >= 11 is 0. The second-order valence-corrected chi connectivity index (χ2v) is 4.68. The van der Waals surface area contributed by atoms with Crippen molar-refractivity contribution in [3.05, 3.63) is 71.3 Å². The summed E-state index contributed by atoms with van der Waals surface area (Å²) in [6.45, 7) is 0. The molecule has 0 N–H and O–H groups in total. The summed E-state index contributed by atoms with van der Waals surface area (Å²) in [7, 11) is 0. The van der Waals surface area contributed by atoms with E-state index in [1.54, 1.807) is 18.3 Å². The highest BCUT2D eigenvalue weighted by molar-refractivity contribution is 5.57. The van der Waals surface area contributed by atoms with E-state index < -0.39 is 0 Å². The summed E-state index contributed by atoms with van der Waals surface area (Å²) in [6, 6.07) is 14.7. The first-order chi connectivity index (χ1) is 10.8. The molecule has 0 unspecified atom stereocenters. The zero-order chi connectivity index (χ0) is 14.9. The highest BCUT2D eigenvalue weighted by Gasteiger charge is 2.15. The fourth-order valence-corrected chi connectivity index (χ4v) is 2.20. The predicted octanol–water partition coefficient (Wildman–Crippen LogP) is 2.41. The quantitative estimate of drug-likeness (QED) is 0.567. The van der Waals surface area contributed by atoms with Gasteiger partial charge in [-0.05, 0) is 24.3 Å². The number of benzene rings is 1. The first-order valence-corrected chi connectivity index (χ1v) is 6.68. The van der Waals surface area contributed by atoms with Gasteiger partial charge in [-0.25, -0.2) is 4.98 Å². The molecule has 0 atom stereocenters. The van der Waals surface area contributed by atoms with Gasteiger partial charge in [-0.3, -0.25) is 9.20 Å². The molecule has 0 fully saturated rings. The fraction of sp³-hybridized carbons (Fsp3) is 0. The molecular formula is C16H10N4O2. The van der Waals surface area contributed by atoms with E-state index in [9.17, 15) is 4.79 Å².